The van der Waals surface area contributed by atoms with Gasteiger partial charge < -0.3 is 14.8 Å². The highest BCUT2D eigenvalue weighted by Gasteiger charge is 2.19. The van der Waals surface area contributed by atoms with Crippen LogP contribution in [0.3, 0.4) is 0 Å². The van der Waals surface area contributed by atoms with E-state index in [2.05, 4.69) is 28.3 Å². The van der Waals surface area contributed by atoms with Crippen LogP contribution in [0.2, 0.25) is 0 Å². The van der Waals surface area contributed by atoms with Gasteiger partial charge in [0, 0.05) is 24.8 Å². The fraction of sp³-hybridized carbons (Fsp3) is 0.538. The summed E-state index contributed by atoms with van der Waals surface area (Å²) in [4.78, 5) is 11.1. The summed E-state index contributed by atoms with van der Waals surface area (Å²) in [5.74, 6) is 1.29. The number of ether oxygens (including phenoxy) is 2. The minimum absolute atomic E-state index is 0.191. The number of aromatic nitrogens is 2. The maximum atomic E-state index is 6.06. The van der Waals surface area contributed by atoms with Gasteiger partial charge >= 0.3 is 0 Å². The number of aryl methyl sites for hydroxylation is 1. The van der Waals surface area contributed by atoms with Gasteiger partial charge in [-0.3, -0.25) is 0 Å². The lowest BCUT2D eigenvalue weighted by Crippen LogP contribution is -2.26. The van der Waals surface area contributed by atoms with E-state index in [4.69, 9.17) is 9.47 Å². The Morgan fingerprint density at radius 1 is 1.37 bits per heavy atom. The van der Waals surface area contributed by atoms with Gasteiger partial charge in [-0.1, -0.05) is 0 Å². The lowest BCUT2D eigenvalue weighted by atomic mass is 10.1. The molecule has 0 bridgehead atoms. The first-order valence-electron chi connectivity index (χ1n) is 6.46. The SMILES string of the molecule is CNc1nc(OC2CCOCC2)c2cc(C)sc2n1. The second-order valence-electron chi connectivity index (χ2n) is 4.61. The number of nitrogens with one attached hydrogen (secondary N) is 1. The van der Waals surface area contributed by atoms with Crippen molar-refractivity contribution in [2.24, 2.45) is 0 Å². The standard InChI is InChI=1S/C13H17N3O2S/c1-8-7-10-11(18-9-3-5-17-6-4-9)15-13(14-2)16-12(10)19-8/h7,9H,3-6H2,1-2H3,(H,14,15,16). The van der Waals surface area contributed by atoms with Gasteiger partial charge in [0.25, 0.3) is 0 Å². The molecule has 5 nitrogen and oxygen atoms in total. The third-order valence-corrected chi connectivity index (χ3v) is 4.10. The molecule has 0 spiro atoms. The van der Waals surface area contributed by atoms with E-state index in [1.54, 1.807) is 11.3 Å². The molecule has 1 saturated heterocycles. The maximum Gasteiger partial charge on any atom is 0.227 e. The van der Waals surface area contributed by atoms with Crippen LogP contribution in [0.4, 0.5) is 5.95 Å². The van der Waals surface area contributed by atoms with Crippen molar-refractivity contribution in [2.45, 2.75) is 25.9 Å². The highest BCUT2D eigenvalue weighted by Crippen LogP contribution is 2.32. The van der Waals surface area contributed by atoms with Crippen LogP contribution in [0.5, 0.6) is 5.88 Å². The highest BCUT2D eigenvalue weighted by atomic mass is 32.1. The Hall–Kier alpha value is -1.40. The van der Waals surface area contributed by atoms with Crippen LogP contribution in [0.1, 0.15) is 17.7 Å². The average Bonchev–Trinajstić information content (AvgIpc) is 2.80. The van der Waals surface area contributed by atoms with Gasteiger partial charge in [0.2, 0.25) is 11.8 Å². The van der Waals surface area contributed by atoms with Crippen LogP contribution < -0.4 is 10.1 Å². The monoisotopic (exact) mass is 279 g/mol. The number of hydrogen-bond acceptors (Lipinski definition) is 6. The fourth-order valence-corrected chi connectivity index (χ4v) is 3.04. The molecule has 0 unspecified atom stereocenters. The Kier molecular flexibility index (Phi) is 3.52. The first-order chi connectivity index (χ1) is 9.26. The molecule has 1 aliphatic heterocycles. The Labute approximate surface area is 116 Å². The van der Waals surface area contributed by atoms with Gasteiger partial charge in [-0.25, -0.2) is 4.98 Å². The summed E-state index contributed by atoms with van der Waals surface area (Å²) in [5.41, 5.74) is 0. The summed E-state index contributed by atoms with van der Waals surface area (Å²) in [6, 6.07) is 2.09. The molecule has 102 valence electrons. The molecule has 1 aliphatic rings. The third kappa shape index (κ3) is 2.64. The summed E-state index contributed by atoms with van der Waals surface area (Å²) in [5, 5.41) is 3.99. The maximum absolute atomic E-state index is 6.06. The molecule has 0 aliphatic carbocycles. The highest BCUT2D eigenvalue weighted by molar-refractivity contribution is 7.18. The van der Waals surface area contributed by atoms with Crippen LogP contribution in [0.25, 0.3) is 10.2 Å². The lowest BCUT2D eigenvalue weighted by molar-refractivity contribution is 0.0244. The molecular weight excluding hydrogens is 262 g/mol. The molecule has 6 heteroatoms. The van der Waals surface area contributed by atoms with Crippen molar-refractivity contribution in [1.29, 1.82) is 0 Å². The van der Waals surface area contributed by atoms with Crippen molar-refractivity contribution in [1.82, 2.24) is 9.97 Å². The molecular formula is C13H17N3O2S. The minimum Gasteiger partial charge on any atom is -0.474 e. The first-order valence-corrected chi connectivity index (χ1v) is 7.28. The Morgan fingerprint density at radius 2 is 2.16 bits per heavy atom. The van der Waals surface area contributed by atoms with Gasteiger partial charge in [0.1, 0.15) is 10.9 Å². The molecule has 0 radical (unpaired) electrons. The van der Waals surface area contributed by atoms with Crippen molar-refractivity contribution in [2.75, 3.05) is 25.6 Å². The van der Waals surface area contributed by atoms with Gasteiger partial charge in [-0.15, -0.1) is 11.3 Å². The van der Waals surface area contributed by atoms with Crippen LogP contribution in [0.15, 0.2) is 6.07 Å². The number of hydrogen-bond donors (Lipinski definition) is 1. The second-order valence-corrected chi connectivity index (χ2v) is 5.84. The molecule has 0 saturated carbocycles. The van der Waals surface area contributed by atoms with Gasteiger partial charge in [-0.2, -0.15) is 4.98 Å². The van der Waals surface area contributed by atoms with Crippen LogP contribution >= 0.6 is 11.3 Å². The summed E-state index contributed by atoms with van der Waals surface area (Å²) in [6.07, 6.45) is 2.03. The summed E-state index contributed by atoms with van der Waals surface area (Å²) in [7, 11) is 1.82. The van der Waals surface area contributed by atoms with Crippen molar-refractivity contribution in [3.05, 3.63) is 10.9 Å². The van der Waals surface area contributed by atoms with Crippen molar-refractivity contribution >= 4 is 27.5 Å². The van der Waals surface area contributed by atoms with Crippen LogP contribution in [0, 0.1) is 6.92 Å². The van der Waals surface area contributed by atoms with E-state index in [9.17, 15) is 0 Å². The van der Waals surface area contributed by atoms with E-state index in [0.29, 0.717) is 11.8 Å². The molecule has 2 aromatic rings. The second kappa shape index (κ2) is 5.30. The number of rotatable bonds is 3. The molecule has 1 fully saturated rings. The zero-order chi connectivity index (χ0) is 13.2. The molecule has 0 amide bonds. The van der Waals surface area contributed by atoms with E-state index in [1.165, 1.54) is 4.88 Å². The quantitative estimate of drug-likeness (QED) is 0.936. The Balaban J connectivity index is 1.95. The minimum atomic E-state index is 0.191. The number of thiophene rings is 1. The molecule has 3 heterocycles. The molecule has 1 N–H and O–H groups in total. The third-order valence-electron chi connectivity index (χ3n) is 3.15. The number of fused-ring (bicyclic) bond motifs is 1. The van der Waals surface area contributed by atoms with E-state index < -0.39 is 0 Å². The molecule has 0 atom stereocenters. The largest absolute Gasteiger partial charge is 0.474 e. The van der Waals surface area contributed by atoms with Crippen molar-refractivity contribution in [3.8, 4) is 5.88 Å². The predicted molar refractivity (Wildman–Crippen MR) is 76.2 cm³/mol. The normalized spacial score (nSPS) is 16.7. The average molecular weight is 279 g/mol. The molecule has 2 aromatic heterocycles. The van der Waals surface area contributed by atoms with Crippen molar-refractivity contribution < 1.29 is 9.47 Å². The zero-order valence-electron chi connectivity index (χ0n) is 11.1. The molecule has 3 rings (SSSR count). The topological polar surface area (TPSA) is 56.3 Å². The fourth-order valence-electron chi connectivity index (χ4n) is 2.17. The van der Waals surface area contributed by atoms with Crippen LogP contribution in [-0.2, 0) is 4.74 Å². The molecule has 19 heavy (non-hydrogen) atoms. The summed E-state index contributed by atoms with van der Waals surface area (Å²) >= 11 is 1.66. The number of nitrogens with zero attached hydrogens (tertiary/aromatic N) is 2. The van der Waals surface area contributed by atoms with Gasteiger partial charge in [0.15, 0.2) is 0 Å². The summed E-state index contributed by atoms with van der Waals surface area (Å²) < 4.78 is 11.4. The predicted octanol–water partition coefficient (Wildman–Crippen LogP) is 2.60. The zero-order valence-corrected chi connectivity index (χ0v) is 11.9. The van der Waals surface area contributed by atoms with Gasteiger partial charge in [-0.05, 0) is 13.0 Å². The van der Waals surface area contributed by atoms with Crippen LogP contribution in [-0.4, -0.2) is 36.3 Å². The Bertz CT molecular complexity index is 579. The van der Waals surface area contributed by atoms with E-state index in [-0.39, 0.29) is 6.10 Å². The first kappa shape index (κ1) is 12.6. The Morgan fingerprint density at radius 3 is 2.89 bits per heavy atom. The van der Waals surface area contributed by atoms with E-state index >= 15 is 0 Å². The van der Waals surface area contributed by atoms with Crippen molar-refractivity contribution in [3.63, 3.8) is 0 Å². The smallest absolute Gasteiger partial charge is 0.227 e. The molecule has 0 aromatic carbocycles. The van der Waals surface area contributed by atoms with E-state index in [0.717, 1.165) is 36.3 Å². The van der Waals surface area contributed by atoms with Gasteiger partial charge in [0.05, 0.1) is 18.6 Å². The van der Waals surface area contributed by atoms with E-state index in [1.807, 2.05) is 7.05 Å². The summed E-state index contributed by atoms with van der Waals surface area (Å²) in [6.45, 7) is 3.60. The lowest BCUT2D eigenvalue weighted by Gasteiger charge is -2.23. The number of anilines is 1.